The third kappa shape index (κ3) is 8.36. The largest absolute Gasteiger partial charge is 0.461 e. The fourth-order valence-corrected chi connectivity index (χ4v) is 15.3. The minimum Gasteiger partial charge on any atom is -0.461 e. The highest BCUT2D eigenvalue weighted by atomic mass is 28.3. The summed E-state index contributed by atoms with van der Waals surface area (Å²) in [4.78, 5) is 31.6. The van der Waals surface area contributed by atoms with Gasteiger partial charge in [0.25, 0.3) is 0 Å². The lowest BCUT2D eigenvalue weighted by molar-refractivity contribution is 0.0636. The third-order valence-corrected chi connectivity index (χ3v) is 19.1. The molecule has 1 amide bonds. The predicted octanol–water partition coefficient (Wildman–Crippen LogP) is 11.0. The van der Waals surface area contributed by atoms with Gasteiger partial charge < -0.3 is 14.4 Å². The fraction of sp³-hybridized carbons (Fsp3) is 0.565. The molecule has 59 heavy (non-hydrogen) atoms. The summed E-state index contributed by atoms with van der Waals surface area (Å²) in [6.45, 7) is 21.3. The van der Waals surface area contributed by atoms with Gasteiger partial charge in [-0.25, -0.2) is 18.0 Å². The normalized spacial score (nSPS) is 20.1. The van der Waals surface area contributed by atoms with Crippen LogP contribution in [0.5, 0.6) is 6.01 Å². The summed E-state index contributed by atoms with van der Waals surface area (Å²) in [5, 5.41) is 4.14. The Morgan fingerprint density at radius 2 is 1.71 bits per heavy atom. The number of piperidine rings is 1. The minimum absolute atomic E-state index is 0.00433. The monoisotopic (exact) mass is 828 g/mol. The van der Waals surface area contributed by atoms with E-state index < -0.39 is 43.1 Å². The van der Waals surface area contributed by atoms with Crippen LogP contribution in [0, 0.1) is 23.1 Å². The smallest absolute Gasteiger partial charge is 0.412 e. The van der Waals surface area contributed by atoms with Crippen LogP contribution in [0.3, 0.4) is 0 Å². The molecular weight excluding hydrogens is 770 g/mol. The number of carbonyl (C=O) groups is 1. The molecule has 2 aromatic heterocycles. The van der Waals surface area contributed by atoms with Crippen molar-refractivity contribution < 1.29 is 27.4 Å². The van der Waals surface area contributed by atoms with E-state index in [1.807, 2.05) is 0 Å². The number of fused-ring (bicyclic) bond motifs is 3. The fourth-order valence-electron chi connectivity index (χ4n) is 10.1. The van der Waals surface area contributed by atoms with Crippen LogP contribution < -0.4 is 15.0 Å². The molecule has 4 aromatic rings. The molecule has 0 spiro atoms. The molecule has 0 unspecified atom stereocenters. The molecule has 7 rings (SSSR count). The molecule has 0 bridgehead atoms. The number of anilines is 2. The number of nitrogens with one attached hydrogen (secondary N) is 1. The quantitative estimate of drug-likeness (QED) is 0.132. The van der Waals surface area contributed by atoms with Gasteiger partial charge in [-0.05, 0) is 99.6 Å². The lowest BCUT2D eigenvalue weighted by Crippen LogP contribution is -2.43. The Balaban J connectivity index is 1.43. The summed E-state index contributed by atoms with van der Waals surface area (Å²) in [6, 6.07) is 6.29. The van der Waals surface area contributed by atoms with Crippen LogP contribution in [0.2, 0.25) is 16.6 Å². The summed E-state index contributed by atoms with van der Waals surface area (Å²) >= 11 is 0. The van der Waals surface area contributed by atoms with E-state index in [1.54, 1.807) is 45.2 Å². The molecule has 3 saturated heterocycles. The van der Waals surface area contributed by atoms with E-state index in [0.717, 1.165) is 51.7 Å². The molecule has 5 heterocycles. The van der Waals surface area contributed by atoms with Crippen molar-refractivity contribution in [1.82, 2.24) is 19.9 Å². The Hall–Kier alpha value is -4.41. The van der Waals surface area contributed by atoms with Gasteiger partial charge in [-0.15, -0.1) is 5.54 Å². The number of hydrogen-bond acceptors (Lipinski definition) is 8. The Morgan fingerprint density at radius 1 is 1.00 bits per heavy atom. The summed E-state index contributed by atoms with van der Waals surface area (Å²) in [5.74, 6) is 2.56. The zero-order valence-corrected chi connectivity index (χ0v) is 37.1. The predicted molar refractivity (Wildman–Crippen MR) is 233 cm³/mol. The molecule has 2 aromatic carbocycles. The maximum Gasteiger partial charge on any atom is 0.412 e. The first-order valence-electron chi connectivity index (χ1n) is 21.4. The second-order valence-corrected chi connectivity index (χ2v) is 24.3. The number of hydrogen-bond donors (Lipinski definition) is 1. The highest BCUT2D eigenvalue weighted by Crippen LogP contribution is 2.44. The maximum atomic E-state index is 17.6. The van der Waals surface area contributed by atoms with Crippen molar-refractivity contribution >= 4 is 47.3 Å². The van der Waals surface area contributed by atoms with Crippen molar-refractivity contribution in [1.29, 1.82) is 0 Å². The molecule has 9 nitrogen and oxygen atoms in total. The Labute approximate surface area is 347 Å². The van der Waals surface area contributed by atoms with Gasteiger partial charge >= 0.3 is 12.1 Å². The van der Waals surface area contributed by atoms with E-state index in [2.05, 4.69) is 68.1 Å². The molecule has 3 aliphatic rings. The number of amides is 1. The Morgan fingerprint density at radius 3 is 2.39 bits per heavy atom. The third-order valence-electron chi connectivity index (χ3n) is 12.8. The van der Waals surface area contributed by atoms with Crippen LogP contribution >= 0.6 is 0 Å². The van der Waals surface area contributed by atoms with E-state index in [1.165, 1.54) is 6.07 Å². The van der Waals surface area contributed by atoms with Gasteiger partial charge in [0.2, 0.25) is 0 Å². The van der Waals surface area contributed by atoms with Gasteiger partial charge in [-0.1, -0.05) is 53.5 Å². The van der Waals surface area contributed by atoms with Gasteiger partial charge in [-0.2, -0.15) is 9.97 Å². The number of ether oxygens (including phenoxy) is 2. The van der Waals surface area contributed by atoms with Crippen LogP contribution in [0.15, 0.2) is 30.5 Å². The van der Waals surface area contributed by atoms with E-state index in [9.17, 15) is 9.18 Å². The first-order valence-corrected chi connectivity index (χ1v) is 23.6. The molecule has 316 valence electrons. The van der Waals surface area contributed by atoms with E-state index in [-0.39, 0.29) is 35.0 Å². The molecule has 0 radical (unpaired) electrons. The van der Waals surface area contributed by atoms with E-state index >= 15 is 8.78 Å². The van der Waals surface area contributed by atoms with Gasteiger partial charge in [0.05, 0.1) is 16.5 Å². The molecular formula is C46H59F3N6O3Si. The van der Waals surface area contributed by atoms with Crippen molar-refractivity contribution in [3.8, 4) is 28.7 Å². The number of benzene rings is 2. The van der Waals surface area contributed by atoms with Gasteiger partial charge in [0, 0.05) is 48.9 Å². The average Bonchev–Trinajstić information content (AvgIpc) is 3.69. The minimum atomic E-state index is -2.33. The van der Waals surface area contributed by atoms with Crippen LogP contribution in [-0.2, 0) is 4.74 Å². The number of rotatable bonds is 9. The van der Waals surface area contributed by atoms with Gasteiger partial charge in [0.15, 0.2) is 5.82 Å². The standard InChI is InChI=1S/C46H59F3N6O3Si/c1-28(2)59(29(3)4,30(5)6)21-16-34-37(48)15-14-31-22-33(51-44(56)58-45(7,8)9)23-35(38(31)34)40-39(49)41-36(25-50-40)42(54-18-11-10-12-19-54)53-43(52-41)57-27-46-17-13-20-55(46)26-32(47)24-46/h14-15,22-23,25,28-30,32H,10-13,17-20,24,26-27H2,1-9H3,(H,51,56)/t32-,46+/m1/s1. The van der Waals surface area contributed by atoms with E-state index in [0.29, 0.717) is 57.3 Å². The molecule has 1 N–H and O–H groups in total. The number of nitrogens with zero attached hydrogens (tertiary/aromatic N) is 5. The Kier molecular flexibility index (Phi) is 12.0. The zero-order chi connectivity index (χ0) is 42.4. The lowest BCUT2D eigenvalue weighted by atomic mass is 9.95. The van der Waals surface area contributed by atoms with Crippen molar-refractivity contribution in [3.63, 3.8) is 0 Å². The van der Waals surface area contributed by atoms with Crippen molar-refractivity contribution in [2.24, 2.45) is 0 Å². The molecule has 0 aliphatic carbocycles. The van der Waals surface area contributed by atoms with Crippen LogP contribution in [-0.4, -0.2) is 84.1 Å². The first kappa shape index (κ1) is 42.7. The Bertz CT molecular complexity index is 2280. The SMILES string of the molecule is CC(C)[Si](C#Cc1c(F)ccc2cc(NC(=O)OC(C)(C)C)cc(-c3ncc4c(N5CCCCC5)nc(OC[C@@]56CCCN5C[C@H](F)C6)nc4c3F)c12)(C(C)C)C(C)C. The van der Waals surface area contributed by atoms with Crippen molar-refractivity contribution in [2.75, 3.05) is 43.0 Å². The molecule has 3 fully saturated rings. The first-order chi connectivity index (χ1) is 27.9. The number of aromatic nitrogens is 3. The number of pyridine rings is 1. The van der Waals surface area contributed by atoms with E-state index in [4.69, 9.17) is 24.4 Å². The molecule has 2 atom stereocenters. The number of alkyl halides is 1. The van der Waals surface area contributed by atoms with Gasteiger partial charge in [0.1, 0.15) is 49.3 Å². The van der Waals surface area contributed by atoms with Crippen LogP contribution in [0.25, 0.3) is 32.9 Å². The maximum absolute atomic E-state index is 17.6. The van der Waals surface area contributed by atoms with Crippen molar-refractivity contribution in [2.45, 2.75) is 135 Å². The lowest BCUT2D eigenvalue weighted by Gasteiger charge is -2.38. The second kappa shape index (κ2) is 16.6. The highest BCUT2D eigenvalue weighted by Gasteiger charge is 2.49. The number of carbonyl (C=O) groups excluding carboxylic acids is 1. The summed E-state index contributed by atoms with van der Waals surface area (Å²) in [6.07, 6.45) is 5.08. The zero-order valence-electron chi connectivity index (χ0n) is 36.1. The highest BCUT2D eigenvalue weighted by molar-refractivity contribution is 6.90. The van der Waals surface area contributed by atoms with Crippen LogP contribution in [0.4, 0.5) is 29.5 Å². The van der Waals surface area contributed by atoms with Crippen LogP contribution in [0.1, 0.15) is 106 Å². The topological polar surface area (TPSA) is 92.7 Å². The second-order valence-electron chi connectivity index (χ2n) is 18.7. The molecule has 0 saturated carbocycles. The number of halogens is 3. The summed E-state index contributed by atoms with van der Waals surface area (Å²) in [5.41, 5.74) is 3.94. The summed E-state index contributed by atoms with van der Waals surface area (Å²) in [7, 11) is -2.33. The average molecular weight is 829 g/mol. The van der Waals surface area contributed by atoms with Crippen molar-refractivity contribution in [3.05, 3.63) is 47.7 Å². The van der Waals surface area contributed by atoms with Gasteiger partial charge in [-0.3, -0.25) is 15.2 Å². The molecule has 3 aliphatic heterocycles. The molecule has 13 heteroatoms. The summed E-state index contributed by atoms with van der Waals surface area (Å²) < 4.78 is 60.6.